The van der Waals surface area contributed by atoms with Gasteiger partial charge in [-0.3, -0.25) is 0 Å². The Morgan fingerprint density at radius 1 is 1.14 bits per heavy atom. The second-order valence-corrected chi connectivity index (χ2v) is 5.52. The SMILES string of the molecule is COc1cccc(-c2nc(C3CC3)nc(Cl)c2C)c1OC. The molecule has 1 heterocycles. The molecule has 110 valence electrons. The normalized spacial score (nSPS) is 14.1. The summed E-state index contributed by atoms with van der Waals surface area (Å²) in [7, 11) is 3.25. The van der Waals surface area contributed by atoms with Crippen molar-refractivity contribution in [1.82, 2.24) is 9.97 Å². The standard InChI is InChI=1S/C16H17ClN2O2/c1-9-13(18-16(10-7-8-10)19-15(9)17)11-5-4-6-12(20-2)14(11)21-3/h4-6,10H,7-8H2,1-3H3. The summed E-state index contributed by atoms with van der Waals surface area (Å²) in [4.78, 5) is 9.12. The summed E-state index contributed by atoms with van der Waals surface area (Å²) in [5, 5.41) is 0.506. The molecule has 0 aliphatic heterocycles. The summed E-state index contributed by atoms with van der Waals surface area (Å²) in [6, 6.07) is 5.74. The Labute approximate surface area is 129 Å². The summed E-state index contributed by atoms with van der Waals surface area (Å²) in [6.45, 7) is 1.92. The van der Waals surface area contributed by atoms with Crippen molar-refractivity contribution in [3.05, 3.63) is 34.7 Å². The van der Waals surface area contributed by atoms with Gasteiger partial charge >= 0.3 is 0 Å². The average Bonchev–Trinajstić information content (AvgIpc) is 3.33. The molecule has 4 nitrogen and oxygen atoms in total. The van der Waals surface area contributed by atoms with Crippen molar-refractivity contribution in [3.8, 4) is 22.8 Å². The van der Waals surface area contributed by atoms with Crippen LogP contribution in [0.3, 0.4) is 0 Å². The van der Waals surface area contributed by atoms with Crippen LogP contribution in [0.1, 0.15) is 30.1 Å². The molecule has 0 saturated heterocycles. The first kappa shape index (κ1) is 14.1. The number of nitrogens with zero attached hydrogens (tertiary/aromatic N) is 2. The van der Waals surface area contributed by atoms with Gasteiger partial charge in [0.15, 0.2) is 11.5 Å². The van der Waals surface area contributed by atoms with Gasteiger partial charge in [0.05, 0.1) is 19.9 Å². The van der Waals surface area contributed by atoms with Crippen molar-refractivity contribution in [2.45, 2.75) is 25.7 Å². The molecule has 2 aromatic rings. The minimum atomic E-state index is 0.443. The summed E-state index contributed by atoms with van der Waals surface area (Å²) >= 11 is 6.29. The lowest BCUT2D eigenvalue weighted by Crippen LogP contribution is -2.01. The van der Waals surface area contributed by atoms with E-state index in [4.69, 9.17) is 26.1 Å². The number of halogens is 1. The van der Waals surface area contributed by atoms with E-state index in [1.165, 1.54) is 0 Å². The van der Waals surface area contributed by atoms with Crippen LogP contribution in [0, 0.1) is 6.92 Å². The first-order valence-electron chi connectivity index (χ1n) is 6.91. The van der Waals surface area contributed by atoms with Gasteiger partial charge < -0.3 is 9.47 Å². The molecule has 0 amide bonds. The Morgan fingerprint density at radius 3 is 2.52 bits per heavy atom. The fourth-order valence-corrected chi connectivity index (χ4v) is 2.54. The second kappa shape index (κ2) is 5.53. The number of ether oxygens (including phenoxy) is 2. The van der Waals surface area contributed by atoms with Crippen LogP contribution in [0.2, 0.25) is 5.15 Å². The number of hydrogen-bond donors (Lipinski definition) is 0. The molecule has 5 heteroatoms. The molecule has 0 bridgehead atoms. The van der Waals surface area contributed by atoms with Crippen molar-refractivity contribution in [3.63, 3.8) is 0 Å². The number of hydrogen-bond acceptors (Lipinski definition) is 4. The molecule has 3 rings (SSSR count). The molecule has 0 unspecified atom stereocenters. The molecular weight excluding hydrogens is 288 g/mol. The topological polar surface area (TPSA) is 44.2 Å². The summed E-state index contributed by atoms with van der Waals surface area (Å²) in [5.74, 6) is 2.61. The van der Waals surface area contributed by atoms with E-state index in [-0.39, 0.29) is 0 Å². The molecule has 0 N–H and O–H groups in total. The molecule has 0 radical (unpaired) electrons. The van der Waals surface area contributed by atoms with Crippen LogP contribution < -0.4 is 9.47 Å². The molecule has 1 saturated carbocycles. The van der Waals surface area contributed by atoms with E-state index >= 15 is 0 Å². The molecule has 1 fully saturated rings. The van der Waals surface area contributed by atoms with Gasteiger partial charge in [-0.1, -0.05) is 17.7 Å². The molecule has 0 atom stereocenters. The van der Waals surface area contributed by atoms with E-state index in [0.29, 0.717) is 22.6 Å². The first-order chi connectivity index (χ1) is 10.2. The lowest BCUT2D eigenvalue weighted by molar-refractivity contribution is 0.356. The van der Waals surface area contributed by atoms with Gasteiger partial charge in [-0.15, -0.1) is 0 Å². The lowest BCUT2D eigenvalue weighted by atomic mass is 10.1. The van der Waals surface area contributed by atoms with Crippen LogP contribution in [0.25, 0.3) is 11.3 Å². The maximum absolute atomic E-state index is 6.29. The van der Waals surface area contributed by atoms with Crippen LogP contribution in [0.5, 0.6) is 11.5 Å². The molecule has 21 heavy (non-hydrogen) atoms. The third-order valence-electron chi connectivity index (χ3n) is 3.70. The van der Waals surface area contributed by atoms with Gasteiger partial charge in [-0.25, -0.2) is 9.97 Å². The van der Waals surface area contributed by atoms with Crippen LogP contribution in [0.4, 0.5) is 0 Å². The van der Waals surface area contributed by atoms with Crippen molar-refractivity contribution >= 4 is 11.6 Å². The number of rotatable bonds is 4. The summed E-state index contributed by atoms with van der Waals surface area (Å²) < 4.78 is 10.9. The Hall–Kier alpha value is -1.81. The number of benzene rings is 1. The largest absolute Gasteiger partial charge is 0.493 e. The van der Waals surface area contributed by atoms with E-state index in [0.717, 1.165) is 35.5 Å². The first-order valence-corrected chi connectivity index (χ1v) is 7.29. The quantitative estimate of drug-likeness (QED) is 0.801. The maximum Gasteiger partial charge on any atom is 0.170 e. The minimum Gasteiger partial charge on any atom is -0.493 e. The Kier molecular flexibility index (Phi) is 3.72. The smallest absolute Gasteiger partial charge is 0.170 e. The zero-order chi connectivity index (χ0) is 15.0. The van der Waals surface area contributed by atoms with E-state index in [9.17, 15) is 0 Å². The lowest BCUT2D eigenvalue weighted by Gasteiger charge is -2.15. The van der Waals surface area contributed by atoms with Crippen LogP contribution in [-0.4, -0.2) is 24.2 Å². The molecule has 0 spiro atoms. The van der Waals surface area contributed by atoms with Gasteiger partial charge in [0.2, 0.25) is 0 Å². The average molecular weight is 305 g/mol. The van der Waals surface area contributed by atoms with Gasteiger partial charge in [-0.2, -0.15) is 0 Å². The van der Waals surface area contributed by atoms with Gasteiger partial charge in [0.1, 0.15) is 11.0 Å². The van der Waals surface area contributed by atoms with Crippen LogP contribution in [-0.2, 0) is 0 Å². The van der Waals surface area contributed by atoms with E-state index in [1.807, 2.05) is 25.1 Å². The fourth-order valence-electron chi connectivity index (χ4n) is 2.37. The molecule has 1 aliphatic rings. The third-order valence-corrected chi connectivity index (χ3v) is 4.07. The summed E-state index contributed by atoms with van der Waals surface area (Å²) in [5.41, 5.74) is 2.54. The predicted octanol–water partition coefficient (Wildman–Crippen LogP) is 4.00. The highest BCUT2D eigenvalue weighted by atomic mass is 35.5. The third kappa shape index (κ3) is 2.56. The van der Waals surface area contributed by atoms with Gasteiger partial charge in [0.25, 0.3) is 0 Å². The zero-order valence-electron chi connectivity index (χ0n) is 12.3. The Morgan fingerprint density at radius 2 is 1.90 bits per heavy atom. The maximum atomic E-state index is 6.29. The highest BCUT2D eigenvalue weighted by Crippen LogP contribution is 2.42. The van der Waals surface area contributed by atoms with Crippen molar-refractivity contribution < 1.29 is 9.47 Å². The predicted molar refractivity (Wildman–Crippen MR) is 82.3 cm³/mol. The minimum absolute atomic E-state index is 0.443. The number of methoxy groups -OCH3 is 2. The van der Waals surface area contributed by atoms with Crippen LogP contribution in [0.15, 0.2) is 18.2 Å². The van der Waals surface area contributed by atoms with Crippen molar-refractivity contribution in [2.24, 2.45) is 0 Å². The molecule has 1 aromatic carbocycles. The van der Waals surface area contributed by atoms with E-state index in [1.54, 1.807) is 14.2 Å². The van der Waals surface area contributed by atoms with E-state index < -0.39 is 0 Å². The Balaban J connectivity index is 2.20. The second-order valence-electron chi connectivity index (χ2n) is 5.16. The van der Waals surface area contributed by atoms with Gasteiger partial charge in [0, 0.05) is 17.0 Å². The van der Waals surface area contributed by atoms with Crippen molar-refractivity contribution in [1.29, 1.82) is 0 Å². The highest BCUT2D eigenvalue weighted by molar-refractivity contribution is 6.30. The Bertz CT molecular complexity index is 684. The molecule has 1 aliphatic carbocycles. The number of para-hydroxylation sites is 1. The molecular formula is C16H17ClN2O2. The number of aromatic nitrogens is 2. The monoisotopic (exact) mass is 304 g/mol. The summed E-state index contributed by atoms with van der Waals surface area (Å²) in [6.07, 6.45) is 2.27. The fraction of sp³-hybridized carbons (Fsp3) is 0.375. The molecule has 1 aromatic heterocycles. The van der Waals surface area contributed by atoms with Gasteiger partial charge in [-0.05, 0) is 31.9 Å². The van der Waals surface area contributed by atoms with Crippen molar-refractivity contribution in [2.75, 3.05) is 14.2 Å². The zero-order valence-corrected chi connectivity index (χ0v) is 13.1. The highest BCUT2D eigenvalue weighted by Gasteiger charge is 2.28. The van der Waals surface area contributed by atoms with Crippen LogP contribution >= 0.6 is 11.6 Å². The van der Waals surface area contributed by atoms with E-state index in [2.05, 4.69) is 4.98 Å².